The zero-order chi connectivity index (χ0) is 11.3. The van der Waals surface area contributed by atoms with Crippen LogP contribution in [0.25, 0.3) is 11.2 Å². The molecule has 1 fully saturated rings. The van der Waals surface area contributed by atoms with Crippen molar-refractivity contribution in [3.05, 3.63) is 22.1 Å². The standard InChI is InChI=1S/C11H12ClN3S/c1-2-6-3-9(6)15-10-8(14-11(15)16)4-7(12)5-13-10/h4-6,9H,2-3H2,1H3,(H,14,16). The largest absolute Gasteiger partial charge is 0.329 e. The number of hydrogen-bond acceptors (Lipinski definition) is 2. The molecular formula is C11H12ClN3S. The van der Waals surface area contributed by atoms with E-state index in [1.165, 1.54) is 12.8 Å². The Morgan fingerprint density at radius 3 is 3.19 bits per heavy atom. The first-order chi connectivity index (χ1) is 7.70. The lowest BCUT2D eigenvalue weighted by molar-refractivity contribution is 0.644. The number of aromatic nitrogens is 3. The van der Waals surface area contributed by atoms with Crippen molar-refractivity contribution in [3.8, 4) is 0 Å². The maximum atomic E-state index is 5.91. The number of H-pyrrole nitrogens is 1. The summed E-state index contributed by atoms with van der Waals surface area (Å²) < 4.78 is 2.89. The lowest BCUT2D eigenvalue weighted by atomic mass is 10.3. The van der Waals surface area contributed by atoms with Crippen LogP contribution in [0, 0.1) is 10.7 Å². The van der Waals surface area contributed by atoms with Gasteiger partial charge in [0.15, 0.2) is 10.4 Å². The second-order valence-corrected chi connectivity index (χ2v) is 5.12. The van der Waals surface area contributed by atoms with Crippen molar-refractivity contribution in [1.29, 1.82) is 0 Å². The summed E-state index contributed by atoms with van der Waals surface area (Å²) >= 11 is 11.2. The van der Waals surface area contributed by atoms with Gasteiger partial charge in [-0.25, -0.2) is 4.98 Å². The molecular weight excluding hydrogens is 242 g/mol. The van der Waals surface area contributed by atoms with Crippen LogP contribution >= 0.6 is 23.8 Å². The van der Waals surface area contributed by atoms with E-state index in [-0.39, 0.29) is 0 Å². The molecule has 1 saturated carbocycles. The molecule has 2 heterocycles. The number of halogens is 1. The third-order valence-electron chi connectivity index (χ3n) is 3.26. The summed E-state index contributed by atoms with van der Waals surface area (Å²) in [5, 5.41) is 0.638. The van der Waals surface area contributed by atoms with Crippen molar-refractivity contribution in [1.82, 2.24) is 14.5 Å². The first-order valence-corrected chi connectivity index (χ1v) is 6.25. The summed E-state index contributed by atoms with van der Waals surface area (Å²) in [7, 11) is 0. The number of pyridine rings is 1. The van der Waals surface area contributed by atoms with Gasteiger partial charge in [-0.15, -0.1) is 0 Å². The fourth-order valence-corrected chi connectivity index (χ4v) is 2.77. The molecule has 0 aliphatic heterocycles. The third-order valence-corrected chi connectivity index (χ3v) is 3.77. The third kappa shape index (κ3) is 1.48. The van der Waals surface area contributed by atoms with E-state index >= 15 is 0 Å². The molecule has 5 heteroatoms. The molecule has 0 bridgehead atoms. The van der Waals surface area contributed by atoms with Crippen molar-refractivity contribution in [2.45, 2.75) is 25.8 Å². The molecule has 16 heavy (non-hydrogen) atoms. The SMILES string of the molecule is CCC1CC1n1c(=S)[nH]c2cc(Cl)cnc21. The lowest BCUT2D eigenvalue weighted by Gasteiger charge is -2.01. The minimum atomic E-state index is 0.528. The smallest absolute Gasteiger partial charge is 0.179 e. The number of imidazole rings is 1. The van der Waals surface area contributed by atoms with Gasteiger partial charge in [-0.2, -0.15) is 0 Å². The Bertz CT molecular complexity index is 601. The van der Waals surface area contributed by atoms with Crippen molar-refractivity contribution >= 4 is 35.0 Å². The monoisotopic (exact) mass is 253 g/mol. The van der Waals surface area contributed by atoms with E-state index in [0.29, 0.717) is 11.1 Å². The molecule has 3 rings (SSSR count). The fraction of sp³-hybridized carbons (Fsp3) is 0.455. The first kappa shape index (κ1) is 10.3. The molecule has 1 N–H and O–H groups in total. The molecule has 3 nitrogen and oxygen atoms in total. The molecule has 1 aliphatic rings. The highest BCUT2D eigenvalue weighted by molar-refractivity contribution is 7.71. The Morgan fingerprint density at radius 1 is 1.69 bits per heavy atom. The number of rotatable bonds is 2. The van der Waals surface area contributed by atoms with E-state index in [1.54, 1.807) is 6.20 Å². The van der Waals surface area contributed by atoms with Gasteiger partial charge in [0.2, 0.25) is 0 Å². The summed E-state index contributed by atoms with van der Waals surface area (Å²) in [6.45, 7) is 2.22. The fourth-order valence-electron chi connectivity index (χ4n) is 2.28. The van der Waals surface area contributed by atoms with Crippen LogP contribution in [-0.4, -0.2) is 14.5 Å². The average molecular weight is 254 g/mol. The van der Waals surface area contributed by atoms with Crippen molar-refractivity contribution < 1.29 is 0 Å². The Hall–Kier alpha value is -0.870. The van der Waals surface area contributed by atoms with Crippen molar-refractivity contribution in [2.75, 3.05) is 0 Å². The van der Waals surface area contributed by atoms with Crippen LogP contribution in [0.4, 0.5) is 0 Å². The van der Waals surface area contributed by atoms with E-state index in [0.717, 1.165) is 21.9 Å². The zero-order valence-corrected chi connectivity index (χ0v) is 10.5. The Morgan fingerprint density at radius 2 is 2.50 bits per heavy atom. The van der Waals surface area contributed by atoms with Gasteiger partial charge in [-0.3, -0.25) is 4.57 Å². The zero-order valence-electron chi connectivity index (χ0n) is 8.90. The normalized spacial score (nSPS) is 23.9. The van der Waals surface area contributed by atoms with Gasteiger partial charge in [0.05, 0.1) is 10.5 Å². The molecule has 0 amide bonds. The first-order valence-electron chi connectivity index (χ1n) is 5.46. The van der Waals surface area contributed by atoms with Gasteiger partial charge in [0.25, 0.3) is 0 Å². The molecule has 2 unspecified atom stereocenters. The summed E-state index contributed by atoms with van der Waals surface area (Å²) in [6.07, 6.45) is 4.08. The quantitative estimate of drug-likeness (QED) is 0.828. The molecule has 0 saturated heterocycles. The highest BCUT2D eigenvalue weighted by Crippen LogP contribution is 2.46. The van der Waals surface area contributed by atoms with Gasteiger partial charge in [-0.05, 0) is 30.6 Å². The molecule has 0 aromatic carbocycles. The van der Waals surface area contributed by atoms with Crippen LogP contribution in [-0.2, 0) is 0 Å². The van der Waals surface area contributed by atoms with Crippen LogP contribution in [0.15, 0.2) is 12.3 Å². The van der Waals surface area contributed by atoms with Gasteiger partial charge in [0.1, 0.15) is 0 Å². The average Bonchev–Trinajstić information content (AvgIpc) is 2.94. The lowest BCUT2D eigenvalue weighted by Crippen LogP contribution is -1.97. The minimum Gasteiger partial charge on any atom is -0.329 e. The number of nitrogens with one attached hydrogen (secondary N) is 1. The molecule has 0 spiro atoms. The predicted octanol–water partition coefficient (Wildman–Crippen LogP) is 3.72. The molecule has 2 aromatic rings. The highest BCUT2D eigenvalue weighted by Gasteiger charge is 2.38. The summed E-state index contributed by atoms with van der Waals surface area (Å²) in [5.41, 5.74) is 1.86. The van der Waals surface area contributed by atoms with E-state index in [9.17, 15) is 0 Å². The second kappa shape index (κ2) is 3.57. The Labute approximate surface area is 103 Å². The van der Waals surface area contributed by atoms with Crippen LogP contribution in [0.5, 0.6) is 0 Å². The number of hydrogen-bond donors (Lipinski definition) is 1. The maximum absolute atomic E-state index is 5.91. The Kier molecular flexibility index (Phi) is 2.30. The van der Waals surface area contributed by atoms with Gasteiger partial charge < -0.3 is 4.98 Å². The highest BCUT2D eigenvalue weighted by atomic mass is 35.5. The topological polar surface area (TPSA) is 33.6 Å². The number of fused-ring (bicyclic) bond motifs is 1. The van der Waals surface area contributed by atoms with Crippen molar-refractivity contribution in [2.24, 2.45) is 5.92 Å². The summed E-state index contributed by atoms with van der Waals surface area (Å²) in [6, 6.07) is 2.40. The van der Waals surface area contributed by atoms with E-state index in [1.807, 2.05) is 6.07 Å². The second-order valence-electron chi connectivity index (χ2n) is 4.30. The minimum absolute atomic E-state index is 0.528. The summed E-state index contributed by atoms with van der Waals surface area (Å²) in [4.78, 5) is 7.53. The number of aromatic amines is 1. The maximum Gasteiger partial charge on any atom is 0.179 e. The molecule has 2 aromatic heterocycles. The van der Waals surface area contributed by atoms with Crippen LogP contribution in [0.1, 0.15) is 25.8 Å². The Balaban J connectivity index is 2.17. The molecule has 0 radical (unpaired) electrons. The van der Waals surface area contributed by atoms with E-state index < -0.39 is 0 Å². The number of nitrogens with zero attached hydrogens (tertiary/aromatic N) is 2. The van der Waals surface area contributed by atoms with E-state index in [4.69, 9.17) is 23.8 Å². The van der Waals surface area contributed by atoms with Crippen molar-refractivity contribution in [3.63, 3.8) is 0 Å². The van der Waals surface area contributed by atoms with Crippen LogP contribution < -0.4 is 0 Å². The van der Waals surface area contributed by atoms with Gasteiger partial charge in [0, 0.05) is 12.2 Å². The van der Waals surface area contributed by atoms with E-state index in [2.05, 4.69) is 21.5 Å². The van der Waals surface area contributed by atoms with Crippen LogP contribution in [0.3, 0.4) is 0 Å². The van der Waals surface area contributed by atoms with Gasteiger partial charge in [-0.1, -0.05) is 24.9 Å². The molecule has 1 aliphatic carbocycles. The molecule has 2 atom stereocenters. The van der Waals surface area contributed by atoms with Gasteiger partial charge >= 0.3 is 0 Å². The predicted molar refractivity (Wildman–Crippen MR) is 67.4 cm³/mol. The summed E-state index contributed by atoms with van der Waals surface area (Å²) in [5.74, 6) is 0.753. The van der Waals surface area contributed by atoms with Crippen LogP contribution in [0.2, 0.25) is 5.02 Å². The molecule has 84 valence electrons.